The number of hydrogen-bond donors (Lipinski definition) is 0. The van der Waals surface area contributed by atoms with Crippen LogP contribution in [-0.4, -0.2) is 22.8 Å². The molecule has 1 nitrogen and oxygen atoms in total. The van der Waals surface area contributed by atoms with E-state index in [0.29, 0.717) is 10.8 Å². The summed E-state index contributed by atoms with van der Waals surface area (Å²) in [6.45, 7) is 18.8. The SMILES string of the molecule is CCC(C)(CC)[Si](C)(C)OC(C)[SiH](C)C. The lowest BCUT2D eigenvalue weighted by Crippen LogP contribution is -2.48. The van der Waals surface area contributed by atoms with Gasteiger partial charge in [0.15, 0.2) is 8.32 Å². The van der Waals surface area contributed by atoms with Gasteiger partial charge in [0.05, 0.1) is 8.80 Å². The normalized spacial score (nSPS) is 15.8. The fraction of sp³-hybridized carbons (Fsp3) is 1.00. The predicted molar refractivity (Wildman–Crippen MR) is 75.9 cm³/mol. The largest absolute Gasteiger partial charge is 0.418 e. The van der Waals surface area contributed by atoms with E-state index < -0.39 is 17.1 Å². The van der Waals surface area contributed by atoms with Crippen LogP contribution >= 0.6 is 0 Å². The third-order valence-corrected chi connectivity index (χ3v) is 11.3. The summed E-state index contributed by atoms with van der Waals surface area (Å²) in [6, 6.07) is 0. The molecule has 1 unspecified atom stereocenters. The fourth-order valence-electron chi connectivity index (χ4n) is 1.84. The molecule has 15 heavy (non-hydrogen) atoms. The Morgan fingerprint density at radius 2 is 1.60 bits per heavy atom. The van der Waals surface area contributed by atoms with Crippen LogP contribution in [0.2, 0.25) is 31.2 Å². The molecule has 0 bridgehead atoms. The molecule has 92 valence electrons. The van der Waals surface area contributed by atoms with Crippen molar-refractivity contribution in [3.8, 4) is 0 Å². The standard InChI is InChI=1S/C12H30OSi2/c1-9-12(4,10-2)15(7,8)13-11(3)14(5)6/h11,14H,9-10H2,1-8H3. The van der Waals surface area contributed by atoms with E-state index >= 15 is 0 Å². The Balaban J connectivity index is 4.65. The molecule has 0 saturated heterocycles. The third kappa shape index (κ3) is 3.72. The first-order chi connectivity index (χ1) is 6.70. The first kappa shape index (κ1) is 15.4. The van der Waals surface area contributed by atoms with Crippen LogP contribution in [-0.2, 0) is 4.43 Å². The summed E-state index contributed by atoms with van der Waals surface area (Å²) in [5, 5.41) is 0.435. The zero-order chi connectivity index (χ0) is 12.3. The van der Waals surface area contributed by atoms with Crippen molar-refractivity contribution in [3.63, 3.8) is 0 Å². The molecule has 1 atom stereocenters. The topological polar surface area (TPSA) is 9.23 Å². The minimum absolute atomic E-state index is 0.435. The van der Waals surface area contributed by atoms with Gasteiger partial charge in [-0.15, -0.1) is 0 Å². The van der Waals surface area contributed by atoms with Gasteiger partial charge < -0.3 is 4.43 Å². The molecule has 0 heterocycles. The lowest BCUT2D eigenvalue weighted by atomic mass is 10.1. The minimum atomic E-state index is -1.55. The zero-order valence-electron chi connectivity index (χ0n) is 12.0. The number of rotatable bonds is 6. The molecule has 0 rings (SSSR count). The van der Waals surface area contributed by atoms with Crippen LogP contribution in [0.25, 0.3) is 0 Å². The van der Waals surface area contributed by atoms with Gasteiger partial charge in [0.1, 0.15) is 0 Å². The summed E-state index contributed by atoms with van der Waals surface area (Å²) in [5.74, 6) is 0. The molecule has 0 aliphatic carbocycles. The van der Waals surface area contributed by atoms with E-state index in [1.54, 1.807) is 0 Å². The monoisotopic (exact) mass is 246 g/mol. The molecule has 0 fully saturated rings. The van der Waals surface area contributed by atoms with Gasteiger partial charge in [-0.05, 0) is 25.1 Å². The van der Waals surface area contributed by atoms with Crippen LogP contribution in [0.1, 0.15) is 40.5 Å². The predicted octanol–water partition coefficient (Wildman–Crippen LogP) is 4.20. The smallest absolute Gasteiger partial charge is 0.192 e. The molecule has 0 amide bonds. The molecule has 0 aromatic rings. The third-order valence-electron chi connectivity index (χ3n) is 4.43. The van der Waals surface area contributed by atoms with E-state index in [1.807, 2.05) is 0 Å². The maximum absolute atomic E-state index is 6.45. The maximum atomic E-state index is 6.45. The van der Waals surface area contributed by atoms with Crippen molar-refractivity contribution in [1.82, 2.24) is 0 Å². The minimum Gasteiger partial charge on any atom is -0.418 e. The van der Waals surface area contributed by atoms with Crippen LogP contribution in [0.3, 0.4) is 0 Å². The van der Waals surface area contributed by atoms with Crippen molar-refractivity contribution in [2.45, 2.75) is 77.5 Å². The summed E-state index contributed by atoms with van der Waals surface area (Å²) in [4.78, 5) is 0. The molecule has 0 spiro atoms. The van der Waals surface area contributed by atoms with E-state index in [0.717, 1.165) is 0 Å². The highest BCUT2D eigenvalue weighted by Gasteiger charge is 2.43. The van der Waals surface area contributed by atoms with E-state index in [9.17, 15) is 0 Å². The molecule has 3 heteroatoms. The van der Waals surface area contributed by atoms with Gasteiger partial charge in [-0.1, -0.05) is 46.7 Å². The maximum Gasteiger partial charge on any atom is 0.192 e. The quantitative estimate of drug-likeness (QED) is 0.638. The molecule has 0 aliphatic heterocycles. The molecular weight excluding hydrogens is 216 g/mol. The van der Waals surface area contributed by atoms with Gasteiger partial charge in [-0.2, -0.15) is 0 Å². The Labute approximate surface area is 99.3 Å². The van der Waals surface area contributed by atoms with Crippen LogP contribution in [0.15, 0.2) is 0 Å². The second-order valence-electron chi connectivity index (χ2n) is 5.85. The van der Waals surface area contributed by atoms with E-state index in [-0.39, 0.29) is 0 Å². The van der Waals surface area contributed by atoms with Crippen molar-refractivity contribution >= 4 is 17.1 Å². The van der Waals surface area contributed by atoms with E-state index in [4.69, 9.17) is 4.43 Å². The summed E-state index contributed by atoms with van der Waals surface area (Å²) in [5.41, 5.74) is 0.532. The average Bonchev–Trinajstić information content (AvgIpc) is 2.15. The fourth-order valence-corrected chi connectivity index (χ4v) is 6.87. The summed E-state index contributed by atoms with van der Waals surface area (Å²) in [6.07, 6.45) is 2.49. The van der Waals surface area contributed by atoms with Crippen LogP contribution in [0, 0.1) is 0 Å². The number of hydrogen-bond acceptors (Lipinski definition) is 1. The first-order valence-corrected chi connectivity index (χ1v) is 12.3. The van der Waals surface area contributed by atoms with Crippen LogP contribution < -0.4 is 0 Å². The summed E-state index contributed by atoms with van der Waals surface area (Å²) in [7, 11) is -2.19. The first-order valence-electron chi connectivity index (χ1n) is 6.38. The highest BCUT2D eigenvalue weighted by Crippen LogP contribution is 2.45. The Bertz CT molecular complexity index is 186. The van der Waals surface area contributed by atoms with Crippen molar-refractivity contribution in [2.75, 3.05) is 0 Å². The van der Waals surface area contributed by atoms with Crippen LogP contribution in [0.5, 0.6) is 0 Å². The van der Waals surface area contributed by atoms with Crippen molar-refractivity contribution in [1.29, 1.82) is 0 Å². The second-order valence-corrected chi connectivity index (χ2v) is 13.7. The van der Waals surface area contributed by atoms with Gasteiger partial charge in [0.25, 0.3) is 0 Å². The average molecular weight is 247 g/mol. The van der Waals surface area contributed by atoms with Crippen molar-refractivity contribution in [2.24, 2.45) is 0 Å². The molecule has 0 radical (unpaired) electrons. The Hall–Kier alpha value is 0.394. The van der Waals surface area contributed by atoms with Crippen LogP contribution in [0.4, 0.5) is 0 Å². The lowest BCUT2D eigenvalue weighted by Gasteiger charge is -2.43. The molecule has 0 aromatic heterocycles. The van der Waals surface area contributed by atoms with Gasteiger partial charge in [0, 0.05) is 5.73 Å². The Morgan fingerprint density at radius 3 is 1.87 bits per heavy atom. The molecule has 0 aliphatic rings. The van der Waals surface area contributed by atoms with E-state index in [2.05, 4.69) is 53.9 Å². The summed E-state index contributed by atoms with van der Waals surface area (Å²) >= 11 is 0. The molecule has 0 saturated carbocycles. The second kappa shape index (κ2) is 5.64. The van der Waals surface area contributed by atoms with E-state index in [1.165, 1.54) is 12.8 Å². The highest BCUT2D eigenvalue weighted by molar-refractivity contribution is 6.75. The Kier molecular flexibility index (Phi) is 5.79. The molecular formula is C12H30OSi2. The molecule has 0 aromatic carbocycles. The lowest BCUT2D eigenvalue weighted by molar-refractivity contribution is 0.255. The Morgan fingerprint density at radius 1 is 1.20 bits per heavy atom. The van der Waals surface area contributed by atoms with Crippen molar-refractivity contribution < 1.29 is 4.43 Å². The highest BCUT2D eigenvalue weighted by atomic mass is 28.4. The van der Waals surface area contributed by atoms with Gasteiger partial charge in [-0.3, -0.25) is 0 Å². The zero-order valence-corrected chi connectivity index (χ0v) is 14.1. The summed E-state index contributed by atoms with van der Waals surface area (Å²) < 4.78 is 6.45. The molecule has 0 N–H and O–H groups in total. The van der Waals surface area contributed by atoms with Gasteiger partial charge >= 0.3 is 0 Å². The van der Waals surface area contributed by atoms with Crippen molar-refractivity contribution in [3.05, 3.63) is 0 Å². The van der Waals surface area contributed by atoms with Gasteiger partial charge in [-0.25, -0.2) is 0 Å². The van der Waals surface area contributed by atoms with Gasteiger partial charge in [0.2, 0.25) is 0 Å².